The Morgan fingerprint density at radius 3 is 2.64 bits per heavy atom. The summed E-state index contributed by atoms with van der Waals surface area (Å²) >= 11 is 10.8. The van der Waals surface area contributed by atoms with Crippen molar-refractivity contribution in [3.63, 3.8) is 0 Å². The van der Waals surface area contributed by atoms with E-state index in [0.29, 0.717) is 0 Å². The minimum absolute atomic E-state index is 0.761. The van der Waals surface area contributed by atoms with Crippen LogP contribution in [0.1, 0.15) is 0 Å². The average molecular weight is 289 g/mol. The van der Waals surface area contributed by atoms with Crippen LogP contribution in [0, 0.1) is 0 Å². The van der Waals surface area contributed by atoms with Crippen molar-refractivity contribution in [1.29, 1.82) is 0 Å². The largest absolute Gasteiger partial charge is 0.274 e. The van der Waals surface area contributed by atoms with Gasteiger partial charge in [0.2, 0.25) is 0 Å². The van der Waals surface area contributed by atoms with Crippen molar-refractivity contribution in [2.75, 3.05) is 0 Å². The SMILES string of the molecule is NSc1ccc2c(Cl)ccc(Br)c2c1. The highest BCUT2D eigenvalue weighted by molar-refractivity contribution is 9.10. The van der Waals surface area contributed by atoms with Crippen LogP contribution in [-0.4, -0.2) is 0 Å². The fourth-order valence-corrected chi connectivity index (χ4v) is 2.35. The molecule has 0 heterocycles. The summed E-state index contributed by atoms with van der Waals surface area (Å²) in [4.78, 5) is 1.03. The second kappa shape index (κ2) is 4.11. The summed E-state index contributed by atoms with van der Waals surface area (Å²) in [5.41, 5.74) is 0. The van der Waals surface area contributed by atoms with Gasteiger partial charge in [0, 0.05) is 19.8 Å². The summed E-state index contributed by atoms with van der Waals surface area (Å²) in [5.74, 6) is 0. The summed E-state index contributed by atoms with van der Waals surface area (Å²) < 4.78 is 1.04. The van der Waals surface area contributed by atoms with Gasteiger partial charge in [-0.25, -0.2) is 0 Å². The van der Waals surface area contributed by atoms with E-state index >= 15 is 0 Å². The Morgan fingerprint density at radius 1 is 1.14 bits per heavy atom. The molecule has 0 atom stereocenters. The van der Waals surface area contributed by atoms with Crippen molar-refractivity contribution >= 4 is 50.3 Å². The van der Waals surface area contributed by atoms with Gasteiger partial charge in [-0.2, -0.15) is 0 Å². The summed E-state index contributed by atoms with van der Waals surface area (Å²) in [6, 6.07) is 9.79. The van der Waals surface area contributed by atoms with Gasteiger partial charge in [0.15, 0.2) is 0 Å². The molecule has 0 amide bonds. The van der Waals surface area contributed by atoms with Gasteiger partial charge < -0.3 is 0 Å². The van der Waals surface area contributed by atoms with E-state index in [0.717, 1.165) is 25.2 Å². The highest BCUT2D eigenvalue weighted by Gasteiger charge is 2.03. The van der Waals surface area contributed by atoms with Gasteiger partial charge in [0.1, 0.15) is 0 Å². The normalized spacial score (nSPS) is 10.8. The number of nitrogens with two attached hydrogens (primary N) is 1. The first-order valence-electron chi connectivity index (χ1n) is 3.97. The van der Waals surface area contributed by atoms with Gasteiger partial charge in [0.05, 0.1) is 0 Å². The van der Waals surface area contributed by atoms with Crippen LogP contribution in [0.15, 0.2) is 39.7 Å². The molecule has 0 bridgehead atoms. The summed E-state index contributed by atoms with van der Waals surface area (Å²) in [6.45, 7) is 0. The van der Waals surface area contributed by atoms with Gasteiger partial charge in [-0.05, 0) is 41.6 Å². The van der Waals surface area contributed by atoms with Crippen LogP contribution in [0.3, 0.4) is 0 Å². The number of halogens is 2. The van der Waals surface area contributed by atoms with E-state index in [2.05, 4.69) is 15.9 Å². The van der Waals surface area contributed by atoms with Crippen molar-refractivity contribution in [2.45, 2.75) is 4.90 Å². The first kappa shape index (κ1) is 10.3. The zero-order valence-corrected chi connectivity index (χ0v) is 10.3. The zero-order chi connectivity index (χ0) is 10.1. The van der Waals surface area contributed by atoms with E-state index in [1.165, 1.54) is 11.9 Å². The molecule has 4 heteroatoms. The van der Waals surface area contributed by atoms with E-state index in [1.54, 1.807) is 0 Å². The minimum atomic E-state index is 0.761. The standard InChI is InChI=1S/C10H7BrClNS/c11-9-3-4-10(12)7-2-1-6(14-13)5-8(7)9/h1-5H,13H2. The lowest BCUT2D eigenvalue weighted by molar-refractivity contribution is 1.50. The Labute approximate surface area is 99.9 Å². The second-order valence-corrected chi connectivity index (χ2v) is 4.82. The van der Waals surface area contributed by atoms with Gasteiger partial charge in [-0.3, -0.25) is 5.14 Å². The highest BCUT2D eigenvalue weighted by Crippen LogP contribution is 2.32. The lowest BCUT2D eigenvalue weighted by Crippen LogP contribution is -1.81. The molecule has 2 rings (SSSR count). The summed E-state index contributed by atoms with van der Waals surface area (Å²) in [7, 11) is 0. The zero-order valence-electron chi connectivity index (χ0n) is 7.13. The molecule has 2 N–H and O–H groups in total. The van der Waals surface area contributed by atoms with Gasteiger partial charge in [-0.1, -0.05) is 33.6 Å². The monoisotopic (exact) mass is 287 g/mol. The maximum absolute atomic E-state index is 6.07. The molecule has 2 aromatic carbocycles. The van der Waals surface area contributed by atoms with E-state index in [-0.39, 0.29) is 0 Å². The lowest BCUT2D eigenvalue weighted by atomic mass is 10.1. The molecule has 0 spiro atoms. The molecule has 0 saturated carbocycles. The van der Waals surface area contributed by atoms with Crippen LogP contribution in [0.5, 0.6) is 0 Å². The first-order valence-corrected chi connectivity index (χ1v) is 6.02. The van der Waals surface area contributed by atoms with E-state index in [9.17, 15) is 0 Å². The molecule has 0 aliphatic heterocycles. The van der Waals surface area contributed by atoms with Crippen LogP contribution in [0.4, 0.5) is 0 Å². The molecule has 0 aliphatic rings. The third-order valence-electron chi connectivity index (χ3n) is 2.02. The van der Waals surface area contributed by atoms with Crippen LogP contribution in [0.25, 0.3) is 10.8 Å². The van der Waals surface area contributed by atoms with Gasteiger partial charge >= 0.3 is 0 Å². The molecule has 72 valence electrons. The summed E-state index contributed by atoms with van der Waals surface area (Å²) in [6.07, 6.45) is 0. The number of hydrogen-bond acceptors (Lipinski definition) is 2. The maximum Gasteiger partial charge on any atom is 0.0485 e. The molecule has 14 heavy (non-hydrogen) atoms. The molecule has 2 aromatic rings. The van der Waals surface area contributed by atoms with Crippen LogP contribution < -0.4 is 5.14 Å². The molecule has 0 aliphatic carbocycles. The Kier molecular flexibility index (Phi) is 3.02. The minimum Gasteiger partial charge on any atom is -0.274 e. The van der Waals surface area contributed by atoms with Crippen LogP contribution in [-0.2, 0) is 0 Å². The molecular formula is C10H7BrClNS. The van der Waals surface area contributed by atoms with Crippen molar-refractivity contribution in [3.8, 4) is 0 Å². The first-order chi connectivity index (χ1) is 6.72. The summed E-state index contributed by atoms with van der Waals surface area (Å²) in [5, 5.41) is 8.39. The van der Waals surface area contributed by atoms with Crippen molar-refractivity contribution in [3.05, 3.63) is 39.8 Å². The number of fused-ring (bicyclic) bond motifs is 1. The predicted molar refractivity (Wildman–Crippen MR) is 66.7 cm³/mol. The highest BCUT2D eigenvalue weighted by atomic mass is 79.9. The van der Waals surface area contributed by atoms with E-state index in [4.69, 9.17) is 16.7 Å². The Balaban J connectivity index is 2.80. The van der Waals surface area contributed by atoms with E-state index < -0.39 is 0 Å². The fraction of sp³-hybridized carbons (Fsp3) is 0. The van der Waals surface area contributed by atoms with Crippen LogP contribution >= 0.6 is 39.5 Å². The molecular weight excluding hydrogens is 282 g/mol. The fourth-order valence-electron chi connectivity index (χ4n) is 1.33. The molecule has 0 aromatic heterocycles. The van der Waals surface area contributed by atoms with E-state index in [1.807, 2.05) is 30.3 Å². The van der Waals surface area contributed by atoms with Gasteiger partial charge in [-0.15, -0.1) is 0 Å². The Hall–Kier alpha value is -0.220. The maximum atomic E-state index is 6.07. The molecule has 0 saturated heterocycles. The molecule has 1 nitrogen and oxygen atoms in total. The third kappa shape index (κ3) is 1.77. The molecule has 0 unspecified atom stereocenters. The quantitative estimate of drug-likeness (QED) is 0.795. The smallest absolute Gasteiger partial charge is 0.0485 e. The molecule has 0 radical (unpaired) electrons. The average Bonchev–Trinajstić information content (AvgIpc) is 2.23. The lowest BCUT2D eigenvalue weighted by Gasteiger charge is -2.04. The van der Waals surface area contributed by atoms with Crippen molar-refractivity contribution < 1.29 is 0 Å². The number of benzene rings is 2. The van der Waals surface area contributed by atoms with Crippen molar-refractivity contribution in [2.24, 2.45) is 5.14 Å². The predicted octanol–water partition coefficient (Wildman–Crippen LogP) is 4.22. The van der Waals surface area contributed by atoms with Crippen LogP contribution in [0.2, 0.25) is 5.02 Å². The van der Waals surface area contributed by atoms with Gasteiger partial charge in [0.25, 0.3) is 0 Å². The third-order valence-corrected chi connectivity index (χ3v) is 3.56. The number of hydrogen-bond donors (Lipinski definition) is 1. The molecule has 0 fully saturated rings. The topological polar surface area (TPSA) is 26.0 Å². The Morgan fingerprint density at radius 2 is 1.93 bits per heavy atom. The second-order valence-electron chi connectivity index (χ2n) is 2.85. The van der Waals surface area contributed by atoms with Crippen molar-refractivity contribution in [1.82, 2.24) is 0 Å². The Bertz CT molecular complexity index is 487. The number of rotatable bonds is 1.